The van der Waals surface area contributed by atoms with Crippen LogP contribution >= 0.6 is 24.0 Å². The first-order valence-corrected chi connectivity index (χ1v) is 10.1. The van der Waals surface area contributed by atoms with E-state index in [2.05, 4.69) is 48.3 Å². The van der Waals surface area contributed by atoms with E-state index in [9.17, 15) is 0 Å². The minimum Gasteiger partial charge on any atom is -0.357 e. The van der Waals surface area contributed by atoms with Crippen LogP contribution in [0.2, 0.25) is 0 Å². The van der Waals surface area contributed by atoms with Gasteiger partial charge in [-0.15, -0.1) is 24.0 Å². The van der Waals surface area contributed by atoms with Gasteiger partial charge in [0.2, 0.25) is 0 Å². The zero-order valence-corrected chi connectivity index (χ0v) is 19.3. The highest BCUT2D eigenvalue weighted by molar-refractivity contribution is 14.0. The number of unbranched alkanes of at least 4 members (excludes halogenated alkanes) is 2. The summed E-state index contributed by atoms with van der Waals surface area (Å²) in [6, 6.07) is 0.496. The minimum absolute atomic E-state index is 0. The summed E-state index contributed by atoms with van der Waals surface area (Å²) in [5.74, 6) is 0.983. The Hall–Kier alpha value is -0.0800. The molecule has 2 N–H and O–H groups in total. The van der Waals surface area contributed by atoms with Crippen LogP contribution in [0.15, 0.2) is 4.99 Å². The second kappa shape index (κ2) is 16.1. The van der Waals surface area contributed by atoms with Crippen molar-refractivity contribution >= 4 is 29.9 Å². The maximum Gasteiger partial charge on any atom is 0.191 e. The Kier molecular flexibility index (Phi) is 16.1. The van der Waals surface area contributed by atoms with Crippen LogP contribution in [-0.2, 0) is 0 Å². The molecule has 6 heteroatoms. The number of guanidine groups is 1. The summed E-state index contributed by atoms with van der Waals surface area (Å²) in [6.07, 6.45) is 7.56. The predicted octanol–water partition coefficient (Wildman–Crippen LogP) is 3.16. The maximum absolute atomic E-state index is 4.76. The third-order valence-corrected chi connectivity index (χ3v) is 4.68. The Labute approximate surface area is 173 Å². The van der Waals surface area contributed by atoms with Gasteiger partial charge in [-0.05, 0) is 59.8 Å². The molecule has 1 heterocycles. The molecule has 1 saturated heterocycles. The Morgan fingerprint density at radius 1 is 1.08 bits per heavy atom. The Morgan fingerprint density at radius 2 is 1.88 bits per heavy atom. The summed E-state index contributed by atoms with van der Waals surface area (Å²) in [6.45, 7) is 14.5. The minimum atomic E-state index is 0. The summed E-state index contributed by atoms with van der Waals surface area (Å²) in [5.41, 5.74) is 0. The summed E-state index contributed by atoms with van der Waals surface area (Å²) in [7, 11) is 2.23. The highest BCUT2D eigenvalue weighted by Gasteiger charge is 2.11. The van der Waals surface area contributed by atoms with Gasteiger partial charge in [0.1, 0.15) is 0 Å². The average molecular weight is 467 g/mol. The van der Waals surface area contributed by atoms with Gasteiger partial charge in [0.05, 0.1) is 0 Å². The molecule has 0 bridgehead atoms. The van der Waals surface area contributed by atoms with E-state index < -0.39 is 0 Å². The van der Waals surface area contributed by atoms with Crippen LogP contribution in [0.1, 0.15) is 59.3 Å². The lowest BCUT2D eigenvalue weighted by Crippen LogP contribution is -2.42. The Bertz CT molecular complexity index is 338. The van der Waals surface area contributed by atoms with E-state index >= 15 is 0 Å². The first-order chi connectivity index (χ1) is 11.7. The third-order valence-electron chi connectivity index (χ3n) is 4.68. The van der Waals surface area contributed by atoms with E-state index in [1.807, 2.05) is 0 Å². The van der Waals surface area contributed by atoms with Crippen LogP contribution < -0.4 is 10.6 Å². The molecular weight excluding hydrogens is 425 g/mol. The van der Waals surface area contributed by atoms with Crippen molar-refractivity contribution in [2.45, 2.75) is 65.3 Å². The van der Waals surface area contributed by atoms with Gasteiger partial charge in [0, 0.05) is 32.2 Å². The Balaban J connectivity index is 0.00000576. The van der Waals surface area contributed by atoms with Crippen LogP contribution in [0.5, 0.6) is 0 Å². The van der Waals surface area contributed by atoms with Gasteiger partial charge in [0.25, 0.3) is 0 Å². The topological polar surface area (TPSA) is 42.9 Å². The lowest BCUT2D eigenvalue weighted by Gasteiger charge is -2.20. The first-order valence-electron chi connectivity index (χ1n) is 10.1. The zero-order chi connectivity index (χ0) is 17.6. The number of halogens is 1. The summed E-state index contributed by atoms with van der Waals surface area (Å²) in [5, 5.41) is 6.93. The zero-order valence-electron chi connectivity index (χ0n) is 17.0. The molecule has 0 aromatic heterocycles. The molecule has 1 aliphatic heterocycles. The number of likely N-dealkylation sites (N-methyl/N-ethyl adjacent to an activating group) is 1. The highest BCUT2D eigenvalue weighted by Crippen LogP contribution is 2.03. The molecule has 5 nitrogen and oxygen atoms in total. The fourth-order valence-corrected chi connectivity index (χ4v) is 3.13. The van der Waals surface area contributed by atoms with Crippen molar-refractivity contribution < 1.29 is 0 Å². The molecule has 1 unspecified atom stereocenters. The number of aliphatic imine (C=N–C) groups is 1. The fraction of sp³-hybridized carbons (Fsp3) is 0.947. The average Bonchev–Trinajstić information content (AvgIpc) is 2.76. The smallest absolute Gasteiger partial charge is 0.191 e. The monoisotopic (exact) mass is 467 g/mol. The number of hydrogen-bond acceptors (Lipinski definition) is 3. The van der Waals surface area contributed by atoms with E-state index in [-0.39, 0.29) is 24.0 Å². The molecule has 150 valence electrons. The van der Waals surface area contributed by atoms with Gasteiger partial charge in [-0.2, -0.15) is 0 Å². The summed E-state index contributed by atoms with van der Waals surface area (Å²) in [4.78, 5) is 9.79. The fourth-order valence-electron chi connectivity index (χ4n) is 3.13. The van der Waals surface area contributed by atoms with Gasteiger partial charge < -0.3 is 20.4 Å². The largest absolute Gasteiger partial charge is 0.357 e. The molecular formula is C19H42IN5. The van der Waals surface area contributed by atoms with Gasteiger partial charge in [-0.25, -0.2) is 0 Å². The molecule has 1 fully saturated rings. The summed E-state index contributed by atoms with van der Waals surface area (Å²) < 4.78 is 0. The maximum atomic E-state index is 4.76. The van der Waals surface area contributed by atoms with E-state index in [1.54, 1.807) is 0 Å². The van der Waals surface area contributed by atoms with E-state index in [4.69, 9.17) is 4.99 Å². The summed E-state index contributed by atoms with van der Waals surface area (Å²) >= 11 is 0. The molecule has 1 rings (SSSR count). The molecule has 0 aliphatic carbocycles. The second-order valence-electron chi connectivity index (χ2n) is 7.15. The molecule has 25 heavy (non-hydrogen) atoms. The molecule has 0 saturated carbocycles. The van der Waals surface area contributed by atoms with Gasteiger partial charge in [0.15, 0.2) is 5.96 Å². The quantitative estimate of drug-likeness (QED) is 0.224. The second-order valence-corrected chi connectivity index (χ2v) is 7.15. The molecule has 0 aromatic carbocycles. The number of nitrogens with zero attached hydrogens (tertiary/aromatic N) is 3. The molecule has 0 spiro atoms. The van der Waals surface area contributed by atoms with Crippen LogP contribution in [0.3, 0.4) is 0 Å². The molecule has 1 aliphatic rings. The molecule has 0 amide bonds. The number of hydrogen-bond donors (Lipinski definition) is 2. The normalized spacial score (nSPS) is 18.3. The van der Waals surface area contributed by atoms with Gasteiger partial charge in [-0.3, -0.25) is 4.99 Å². The highest BCUT2D eigenvalue weighted by atomic mass is 127. The van der Waals surface area contributed by atoms with Crippen molar-refractivity contribution in [1.82, 2.24) is 20.4 Å². The Morgan fingerprint density at radius 3 is 2.60 bits per heavy atom. The molecule has 0 aromatic rings. The van der Waals surface area contributed by atoms with Crippen LogP contribution in [-0.4, -0.2) is 74.7 Å². The number of rotatable bonds is 10. The van der Waals surface area contributed by atoms with Crippen LogP contribution in [0.4, 0.5) is 0 Å². The number of nitrogens with one attached hydrogen (secondary N) is 2. The van der Waals surface area contributed by atoms with E-state index in [0.717, 1.165) is 25.5 Å². The van der Waals surface area contributed by atoms with Crippen molar-refractivity contribution in [2.24, 2.45) is 4.99 Å². The van der Waals surface area contributed by atoms with Crippen molar-refractivity contribution in [3.63, 3.8) is 0 Å². The molecule has 0 radical (unpaired) electrons. The standard InChI is InChI=1S/C19H41N5.HI/c1-5-7-8-11-18(3)22-19(20-6-2)21-12-9-14-24-15-10-13-23(4)16-17-24;/h18H,5-17H2,1-4H3,(H2,20,21,22);1H. The van der Waals surface area contributed by atoms with Crippen molar-refractivity contribution in [2.75, 3.05) is 52.9 Å². The van der Waals surface area contributed by atoms with Crippen LogP contribution in [0.25, 0.3) is 0 Å². The predicted molar refractivity (Wildman–Crippen MR) is 121 cm³/mol. The van der Waals surface area contributed by atoms with E-state index in [1.165, 1.54) is 64.8 Å². The lowest BCUT2D eigenvalue weighted by molar-refractivity contribution is 0.275. The SMILES string of the molecule is CCCCCC(C)NC(=NCCCN1CCCN(C)CC1)NCC.I. The van der Waals surface area contributed by atoms with Crippen molar-refractivity contribution in [1.29, 1.82) is 0 Å². The lowest BCUT2D eigenvalue weighted by atomic mass is 10.1. The first kappa shape index (κ1) is 24.9. The van der Waals surface area contributed by atoms with E-state index in [0.29, 0.717) is 6.04 Å². The van der Waals surface area contributed by atoms with Crippen molar-refractivity contribution in [3.8, 4) is 0 Å². The van der Waals surface area contributed by atoms with Crippen LogP contribution in [0, 0.1) is 0 Å². The van der Waals surface area contributed by atoms with Gasteiger partial charge >= 0.3 is 0 Å². The molecule has 1 atom stereocenters. The van der Waals surface area contributed by atoms with Gasteiger partial charge in [-0.1, -0.05) is 26.2 Å². The third kappa shape index (κ3) is 12.8. The van der Waals surface area contributed by atoms with Crippen molar-refractivity contribution in [3.05, 3.63) is 0 Å².